The summed E-state index contributed by atoms with van der Waals surface area (Å²) in [5.74, 6) is 0.409. The number of halogens is 1. The van der Waals surface area contributed by atoms with Crippen molar-refractivity contribution in [2.45, 2.75) is 25.9 Å². The van der Waals surface area contributed by atoms with Crippen LogP contribution in [0.4, 0.5) is 4.39 Å². The topological polar surface area (TPSA) is 47.1 Å². The number of hydrogen-bond acceptors (Lipinski definition) is 4. The van der Waals surface area contributed by atoms with Crippen LogP contribution >= 0.6 is 0 Å². The number of nitrogens with zero attached hydrogens (tertiary/aromatic N) is 4. The Morgan fingerprint density at radius 3 is 2.64 bits per heavy atom. The monoisotopic (exact) mass is 376 g/mol. The van der Waals surface area contributed by atoms with Crippen molar-refractivity contribution >= 4 is 10.9 Å². The van der Waals surface area contributed by atoms with E-state index in [1.807, 2.05) is 16.8 Å². The summed E-state index contributed by atoms with van der Waals surface area (Å²) >= 11 is 0. The number of aromatic nitrogens is 3. The van der Waals surface area contributed by atoms with Gasteiger partial charge in [-0.2, -0.15) is 5.10 Å². The highest BCUT2D eigenvalue weighted by Crippen LogP contribution is 2.22. The fraction of sp³-hybridized carbons (Fsp3) is 0.273. The highest BCUT2D eigenvalue weighted by atomic mass is 19.1. The Bertz CT molecular complexity index is 1090. The summed E-state index contributed by atoms with van der Waals surface area (Å²) in [7, 11) is 0. The molecule has 3 heterocycles. The van der Waals surface area contributed by atoms with Crippen LogP contribution in [0.25, 0.3) is 22.4 Å². The molecule has 4 aromatic rings. The van der Waals surface area contributed by atoms with E-state index in [1.165, 1.54) is 25.0 Å². The van der Waals surface area contributed by atoms with Gasteiger partial charge in [0.1, 0.15) is 12.1 Å². The van der Waals surface area contributed by atoms with Crippen molar-refractivity contribution < 1.29 is 8.81 Å². The van der Waals surface area contributed by atoms with E-state index < -0.39 is 0 Å². The van der Waals surface area contributed by atoms with Gasteiger partial charge in [0.25, 0.3) is 0 Å². The molecule has 1 fully saturated rings. The first-order valence-corrected chi connectivity index (χ1v) is 9.62. The molecule has 0 aliphatic carbocycles. The van der Waals surface area contributed by atoms with Crippen LogP contribution in [-0.4, -0.2) is 32.8 Å². The molecule has 0 amide bonds. The first-order chi connectivity index (χ1) is 13.7. The van der Waals surface area contributed by atoms with Crippen LogP contribution in [0.5, 0.6) is 0 Å². The second-order valence-electron chi connectivity index (χ2n) is 7.33. The lowest BCUT2D eigenvalue weighted by Gasteiger charge is -2.11. The van der Waals surface area contributed by atoms with E-state index in [-0.39, 0.29) is 5.82 Å². The van der Waals surface area contributed by atoms with E-state index in [4.69, 9.17) is 4.42 Å². The van der Waals surface area contributed by atoms with E-state index in [0.717, 1.165) is 47.4 Å². The minimum absolute atomic E-state index is 0.244. The summed E-state index contributed by atoms with van der Waals surface area (Å²) in [5.41, 5.74) is 3.98. The minimum atomic E-state index is -0.244. The molecule has 0 atom stereocenters. The third-order valence-electron chi connectivity index (χ3n) is 5.27. The average Bonchev–Trinajstić information content (AvgIpc) is 3.45. The average molecular weight is 376 g/mol. The van der Waals surface area contributed by atoms with Crippen LogP contribution in [-0.2, 0) is 13.1 Å². The van der Waals surface area contributed by atoms with Gasteiger partial charge in [-0.15, -0.1) is 0 Å². The third kappa shape index (κ3) is 3.43. The maximum Gasteiger partial charge on any atom is 0.226 e. The van der Waals surface area contributed by atoms with Crippen molar-refractivity contribution in [1.82, 2.24) is 19.7 Å². The van der Waals surface area contributed by atoms with Crippen molar-refractivity contribution in [3.8, 4) is 11.5 Å². The molecule has 0 spiro atoms. The van der Waals surface area contributed by atoms with Crippen LogP contribution in [0.3, 0.4) is 0 Å². The van der Waals surface area contributed by atoms with Crippen molar-refractivity contribution in [3.63, 3.8) is 0 Å². The number of hydrogen-bond donors (Lipinski definition) is 0. The smallest absolute Gasteiger partial charge is 0.226 e. The molecule has 5 rings (SSSR count). The molecular formula is C22H21FN4O. The predicted octanol–water partition coefficient (Wildman–Crippen LogP) is 4.47. The van der Waals surface area contributed by atoms with Crippen molar-refractivity contribution in [2.75, 3.05) is 13.1 Å². The Hall–Kier alpha value is -2.99. The highest BCUT2D eigenvalue weighted by Gasteiger charge is 2.15. The van der Waals surface area contributed by atoms with E-state index in [0.29, 0.717) is 12.4 Å². The molecule has 1 saturated heterocycles. The number of benzene rings is 2. The number of fused-ring (bicyclic) bond motifs is 1. The molecule has 5 nitrogen and oxygen atoms in total. The summed E-state index contributed by atoms with van der Waals surface area (Å²) in [6, 6.07) is 12.9. The Labute approximate surface area is 162 Å². The molecule has 0 bridgehead atoms. The van der Waals surface area contributed by atoms with Gasteiger partial charge in [0, 0.05) is 17.5 Å². The molecular weight excluding hydrogens is 355 g/mol. The van der Waals surface area contributed by atoms with Gasteiger partial charge in [-0.25, -0.2) is 9.37 Å². The molecule has 1 aliphatic rings. The maximum absolute atomic E-state index is 13.3. The van der Waals surface area contributed by atoms with Gasteiger partial charge >= 0.3 is 0 Å². The van der Waals surface area contributed by atoms with Gasteiger partial charge in [0.05, 0.1) is 24.0 Å². The summed E-state index contributed by atoms with van der Waals surface area (Å²) in [5, 5.41) is 5.19. The first kappa shape index (κ1) is 17.1. The van der Waals surface area contributed by atoms with Crippen molar-refractivity contribution in [3.05, 3.63) is 72.0 Å². The Morgan fingerprint density at radius 2 is 1.82 bits per heavy atom. The minimum Gasteiger partial charge on any atom is -0.444 e. The van der Waals surface area contributed by atoms with E-state index in [1.54, 1.807) is 18.5 Å². The molecule has 28 heavy (non-hydrogen) atoms. The fourth-order valence-electron chi connectivity index (χ4n) is 3.79. The Balaban J connectivity index is 1.30. The zero-order chi connectivity index (χ0) is 18.9. The summed E-state index contributed by atoms with van der Waals surface area (Å²) < 4.78 is 20.9. The molecule has 6 heteroatoms. The molecule has 142 valence electrons. The molecule has 0 N–H and O–H groups in total. The van der Waals surface area contributed by atoms with Crippen molar-refractivity contribution in [1.29, 1.82) is 0 Å². The van der Waals surface area contributed by atoms with Gasteiger partial charge < -0.3 is 4.42 Å². The Morgan fingerprint density at radius 1 is 1.00 bits per heavy atom. The van der Waals surface area contributed by atoms with Crippen LogP contribution in [0.2, 0.25) is 0 Å². The molecule has 1 aliphatic heterocycles. The summed E-state index contributed by atoms with van der Waals surface area (Å²) in [4.78, 5) is 7.04. The SMILES string of the molecule is Fc1ccc2c(cnn2Cc2ccc(-c3nc(CN4CCCC4)co3)cc2)c1. The lowest BCUT2D eigenvalue weighted by Crippen LogP contribution is -2.18. The van der Waals surface area contributed by atoms with Gasteiger partial charge in [-0.1, -0.05) is 12.1 Å². The quantitative estimate of drug-likeness (QED) is 0.515. The maximum atomic E-state index is 13.3. The van der Waals surface area contributed by atoms with Crippen LogP contribution in [0.15, 0.2) is 59.3 Å². The number of likely N-dealkylation sites (tertiary alicyclic amines) is 1. The second-order valence-corrected chi connectivity index (χ2v) is 7.33. The first-order valence-electron chi connectivity index (χ1n) is 9.62. The van der Waals surface area contributed by atoms with Crippen molar-refractivity contribution in [2.24, 2.45) is 0 Å². The molecule has 0 saturated carbocycles. The third-order valence-corrected chi connectivity index (χ3v) is 5.27. The fourth-order valence-corrected chi connectivity index (χ4v) is 3.79. The molecule has 2 aromatic carbocycles. The Kier molecular flexibility index (Phi) is 4.41. The van der Waals surface area contributed by atoms with E-state index in [2.05, 4.69) is 27.1 Å². The van der Waals surface area contributed by atoms with Gasteiger partial charge in [0.2, 0.25) is 5.89 Å². The molecule has 2 aromatic heterocycles. The summed E-state index contributed by atoms with van der Waals surface area (Å²) in [6.07, 6.45) is 6.00. The van der Waals surface area contributed by atoms with E-state index >= 15 is 0 Å². The highest BCUT2D eigenvalue weighted by molar-refractivity contribution is 5.78. The zero-order valence-corrected chi connectivity index (χ0v) is 15.5. The predicted molar refractivity (Wildman–Crippen MR) is 105 cm³/mol. The van der Waals surface area contributed by atoms with Crippen LogP contribution in [0.1, 0.15) is 24.1 Å². The van der Waals surface area contributed by atoms with Gasteiger partial charge in [0.15, 0.2) is 0 Å². The summed E-state index contributed by atoms with van der Waals surface area (Å²) in [6.45, 7) is 3.77. The zero-order valence-electron chi connectivity index (χ0n) is 15.5. The number of oxazole rings is 1. The number of rotatable bonds is 5. The second kappa shape index (κ2) is 7.20. The normalized spacial score (nSPS) is 14.9. The molecule has 0 unspecified atom stereocenters. The van der Waals surface area contributed by atoms with Crippen LogP contribution < -0.4 is 0 Å². The molecule has 0 radical (unpaired) electrons. The van der Waals surface area contributed by atoms with Gasteiger partial charge in [-0.3, -0.25) is 9.58 Å². The van der Waals surface area contributed by atoms with Crippen LogP contribution in [0, 0.1) is 5.82 Å². The largest absolute Gasteiger partial charge is 0.444 e. The lowest BCUT2D eigenvalue weighted by molar-refractivity contribution is 0.327. The lowest BCUT2D eigenvalue weighted by atomic mass is 10.1. The van der Waals surface area contributed by atoms with E-state index in [9.17, 15) is 4.39 Å². The van der Waals surface area contributed by atoms with Gasteiger partial charge in [-0.05, 0) is 61.8 Å². The standard InChI is InChI=1S/C22H21FN4O/c23-19-7-8-21-18(11-19)12-24-27(21)13-16-3-5-17(6-4-16)22-25-20(15-28-22)14-26-9-1-2-10-26/h3-8,11-12,15H,1-2,9-10,13-14H2.